The minimum absolute atomic E-state index is 0.472. The smallest absolute Gasteiger partial charge is 0.0722 e. The Balaban J connectivity index is 1.57. The van der Waals surface area contributed by atoms with E-state index in [0.717, 1.165) is 25.0 Å². The molecule has 1 aromatic heterocycles. The van der Waals surface area contributed by atoms with Crippen LogP contribution in [0.4, 0.5) is 11.4 Å². The van der Waals surface area contributed by atoms with Crippen molar-refractivity contribution < 1.29 is 0 Å². The van der Waals surface area contributed by atoms with Crippen LogP contribution in [0.2, 0.25) is 0 Å². The molecule has 2 aromatic carbocycles. The van der Waals surface area contributed by atoms with Crippen LogP contribution < -0.4 is 10.2 Å². The second-order valence-corrected chi connectivity index (χ2v) is 6.24. The number of aromatic nitrogens is 1. The molecule has 116 valence electrons. The van der Waals surface area contributed by atoms with Crippen molar-refractivity contribution in [1.29, 1.82) is 0 Å². The summed E-state index contributed by atoms with van der Waals surface area (Å²) in [4.78, 5) is 6.98. The maximum absolute atomic E-state index is 4.53. The summed E-state index contributed by atoms with van der Waals surface area (Å²) < 4.78 is 0. The molecule has 1 N–H and O–H groups in total. The van der Waals surface area contributed by atoms with Crippen molar-refractivity contribution in [3.63, 3.8) is 0 Å². The van der Waals surface area contributed by atoms with Crippen LogP contribution in [-0.4, -0.2) is 24.1 Å². The second kappa shape index (κ2) is 5.92. The first kappa shape index (κ1) is 14.1. The lowest BCUT2D eigenvalue weighted by Crippen LogP contribution is -2.26. The molecule has 3 nitrogen and oxygen atoms in total. The molecule has 1 saturated heterocycles. The molecule has 2 heterocycles. The Morgan fingerprint density at radius 1 is 1.04 bits per heavy atom. The van der Waals surface area contributed by atoms with Gasteiger partial charge in [0.1, 0.15) is 0 Å². The summed E-state index contributed by atoms with van der Waals surface area (Å²) in [7, 11) is 0. The number of benzene rings is 2. The maximum atomic E-state index is 4.53. The minimum Gasteiger partial charge on any atom is -0.380 e. The molecule has 23 heavy (non-hydrogen) atoms. The first-order valence-corrected chi connectivity index (χ1v) is 8.22. The van der Waals surface area contributed by atoms with Gasteiger partial charge in [0.05, 0.1) is 5.52 Å². The molecule has 0 aliphatic carbocycles. The Morgan fingerprint density at radius 2 is 1.83 bits per heavy atom. The lowest BCUT2D eigenvalue weighted by atomic mass is 10.1. The molecule has 0 saturated carbocycles. The predicted molar refractivity (Wildman–Crippen MR) is 97.2 cm³/mol. The normalized spacial score (nSPS) is 17.6. The van der Waals surface area contributed by atoms with Gasteiger partial charge in [0.25, 0.3) is 0 Å². The van der Waals surface area contributed by atoms with Gasteiger partial charge in [0.15, 0.2) is 0 Å². The van der Waals surface area contributed by atoms with Crippen LogP contribution in [0.25, 0.3) is 10.9 Å². The van der Waals surface area contributed by atoms with E-state index < -0.39 is 0 Å². The summed E-state index contributed by atoms with van der Waals surface area (Å²) in [5.41, 5.74) is 4.81. The van der Waals surface area contributed by atoms with E-state index >= 15 is 0 Å². The maximum Gasteiger partial charge on any atom is 0.0722 e. The number of fused-ring (bicyclic) bond motifs is 1. The monoisotopic (exact) mass is 303 g/mol. The van der Waals surface area contributed by atoms with E-state index in [4.69, 9.17) is 0 Å². The fraction of sp³-hybridized carbons (Fsp3) is 0.250. The second-order valence-electron chi connectivity index (χ2n) is 6.24. The van der Waals surface area contributed by atoms with Gasteiger partial charge in [-0.2, -0.15) is 0 Å². The lowest BCUT2D eigenvalue weighted by molar-refractivity contribution is 0.807. The highest BCUT2D eigenvalue weighted by Gasteiger charge is 2.23. The Morgan fingerprint density at radius 3 is 2.70 bits per heavy atom. The molecule has 1 unspecified atom stereocenters. The average molecular weight is 303 g/mol. The molecule has 1 aliphatic rings. The average Bonchev–Trinajstić information content (AvgIpc) is 3.07. The van der Waals surface area contributed by atoms with Crippen molar-refractivity contribution in [1.82, 2.24) is 4.98 Å². The first-order chi connectivity index (χ1) is 11.3. The van der Waals surface area contributed by atoms with E-state index in [2.05, 4.69) is 70.7 Å². The summed E-state index contributed by atoms with van der Waals surface area (Å²) >= 11 is 0. The number of nitrogens with zero attached hydrogens (tertiary/aromatic N) is 2. The Labute approximate surface area is 137 Å². The zero-order valence-corrected chi connectivity index (χ0v) is 13.4. The zero-order chi connectivity index (χ0) is 15.6. The van der Waals surface area contributed by atoms with Crippen molar-refractivity contribution in [2.75, 3.05) is 23.3 Å². The molecule has 3 heteroatoms. The van der Waals surface area contributed by atoms with Crippen molar-refractivity contribution >= 4 is 22.3 Å². The van der Waals surface area contributed by atoms with E-state index in [-0.39, 0.29) is 0 Å². The van der Waals surface area contributed by atoms with Crippen LogP contribution in [0.3, 0.4) is 0 Å². The van der Waals surface area contributed by atoms with E-state index in [0.29, 0.717) is 6.04 Å². The van der Waals surface area contributed by atoms with E-state index in [9.17, 15) is 0 Å². The number of para-hydroxylation sites is 2. The molecule has 0 bridgehead atoms. The van der Waals surface area contributed by atoms with Crippen molar-refractivity contribution in [2.45, 2.75) is 19.4 Å². The predicted octanol–water partition coefficient (Wildman–Crippen LogP) is 4.23. The van der Waals surface area contributed by atoms with Gasteiger partial charge in [0, 0.05) is 42.1 Å². The Kier molecular flexibility index (Phi) is 3.62. The van der Waals surface area contributed by atoms with Crippen LogP contribution >= 0.6 is 0 Å². The topological polar surface area (TPSA) is 28.2 Å². The summed E-state index contributed by atoms with van der Waals surface area (Å²) in [5.74, 6) is 0. The molecule has 1 fully saturated rings. The molecule has 4 rings (SSSR count). The SMILES string of the molecule is Cc1cnc2ccccc2c1NC1CCN(c2ccccc2)C1. The summed E-state index contributed by atoms with van der Waals surface area (Å²) in [6, 6.07) is 19.5. The summed E-state index contributed by atoms with van der Waals surface area (Å²) in [6.45, 7) is 4.27. The quantitative estimate of drug-likeness (QED) is 0.784. The first-order valence-electron chi connectivity index (χ1n) is 8.22. The third-order valence-corrected chi connectivity index (χ3v) is 4.62. The van der Waals surface area contributed by atoms with Gasteiger partial charge >= 0.3 is 0 Å². The highest BCUT2D eigenvalue weighted by molar-refractivity contribution is 5.92. The number of anilines is 2. The van der Waals surface area contributed by atoms with Gasteiger partial charge in [-0.1, -0.05) is 36.4 Å². The molecule has 0 radical (unpaired) electrons. The number of hydrogen-bond acceptors (Lipinski definition) is 3. The van der Waals surface area contributed by atoms with E-state index in [1.54, 1.807) is 0 Å². The number of pyridine rings is 1. The van der Waals surface area contributed by atoms with Crippen LogP contribution in [-0.2, 0) is 0 Å². The largest absolute Gasteiger partial charge is 0.380 e. The molecule has 1 atom stereocenters. The molecule has 0 amide bonds. The van der Waals surface area contributed by atoms with Gasteiger partial charge in [-0.05, 0) is 37.1 Å². The van der Waals surface area contributed by atoms with Crippen LogP contribution in [0.5, 0.6) is 0 Å². The van der Waals surface area contributed by atoms with Crippen molar-refractivity contribution in [2.24, 2.45) is 0 Å². The number of rotatable bonds is 3. The fourth-order valence-corrected chi connectivity index (χ4v) is 3.39. The van der Waals surface area contributed by atoms with Crippen molar-refractivity contribution in [3.05, 3.63) is 66.4 Å². The minimum atomic E-state index is 0.472. The molecular weight excluding hydrogens is 282 g/mol. The van der Waals surface area contributed by atoms with Gasteiger partial charge in [-0.15, -0.1) is 0 Å². The highest BCUT2D eigenvalue weighted by atomic mass is 15.2. The van der Waals surface area contributed by atoms with Gasteiger partial charge in [-0.3, -0.25) is 4.98 Å². The molecular formula is C20H21N3. The number of nitrogens with one attached hydrogen (secondary N) is 1. The Bertz CT molecular complexity index is 813. The third kappa shape index (κ3) is 2.74. The van der Waals surface area contributed by atoms with Crippen LogP contribution in [0, 0.1) is 6.92 Å². The molecule has 1 aliphatic heterocycles. The number of hydrogen-bond donors (Lipinski definition) is 1. The van der Waals surface area contributed by atoms with Gasteiger partial charge < -0.3 is 10.2 Å². The highest BCUT2D eigenvalue weighted by Crippen LogP contribution is 2.28. The number of aryl methyl sites for hydroxylation is 1. The molecule has 3 aromatic rings. The van der Waals surface area contributed by atoms with Crippen molar-refractivity contribution in [3.8, 4) is 0 Å². The third-order valence-electron chi connectivity index (χ3n) is 4.62. The van der Waals surface area contributed by atoms with Crippen LogP contribution in [0.1, 0.15) is 12.0 Å². The van der Waals surface area contributed by atoms with Gasteiger partial charge in [-0.25, -0.2) is 0 Å². The fourth-order valence-electron chi connectivity index (χ4n) is 3.39. The lowest BCUT2D eigenvalue weighted by Gasteiger charge is -2.20. The zero-order valence-electron chi connectivity index (χ0n) is 13.4. The summed E-state index contributed by atoms with van der Waals surface area (Å²) in [5, 5.41) is 4.98. The summed E-state index contributed by atoms with van der Waals surface area (Å²) in [6.07, 6.45) is 3.12. The van der Waals surface area contributed by atoms with Gasteiger partial charge in [0.2, 0.25) is 0 Å². The molecule has 0 spiro atoms. The van der Waals surface area contributed by atoms with Crippen LogP contribution in [0.15, 0.2) is 60.8 Å². The van der Waals surface area contributed by atoms with E-state index in [1.165, 1.54) is 22.3 Å². The standard InChI is InChI=1S/C20H21N3/c1-15-13-21-19-10-6-5-9-18(19)20(15)22-16-11-12-23(14-16)17-7-3-2-4-8-17/h2-10,13,16H,11-12,14H2,1H3,(H,21,22). The van der Waals surface area contributed by atoms with E-state index in [1.807, 2.05) is 12.3 Å². The Hall–Kier alpha value is -2.55.